The second-order valence-corrected chi connectivity index (χ2v) is 32.7. The molecule has 3 amide bonds. The van der Waals surface area contributed by atoms with Crippen LogP contribution in [0, 0.1) is 0 Å². The van der Waals surface area contributed by atoms with E-state index < -0.39 is 104 Å². The van der Waals surface area contributed by atoms with Crippen LogP contribution in [0.25, 0.3) is 27.1 Å². The van der Waals surface area contributed by atoms with Gasteiger partial charge in [0.1, 0.15) is 11.4 Å². The summed E-state index contributed by atoms with van der Waals surface area (Å²) in [5.74, 6) is -1.84. The Kier molecular flexibility index (Phi) is 23.1. The summed E-state index contributed by atoms with van der Waals surface area (Å²) in [4.78, 5) is 43.7. The highest BCUT2D eigenvalue weighted by atomic mass is 32.3. The van der Waals surface area contributed by atoms with Gasteiger partial charge in [-0.2, -0.15) is 38.2 Å². The van der Waals surface area contributed by atoms with E-state index in [9.17, 15) is 74.7 Å². The summed E-state index contributed by atoms with van der Waals surface area (Å²) >= 11 is 0.606. The van der Waals surface area contributed by atoms with Crippen molar-refractivity contribution >= 4 is 139 Å². The zero-order valence-electron chi connectivity index (χ0n) is 53.0. The molecule has 4 heterocycles. The van der Waals surface area contributed by atoms with Crippen LogP contribution in [0.15, 0.2) is 146 Å². The number of amides is 3. The molecule has 522 valence electrons. The Balaban J connectivity index is 0.00000298. The van der Waals surface area contributed by atoms with Crippen LogP contribution in [0.5, 0.6) is 0 Å². The van der Waals surface area contributed by atoms with Gasteiger partial charge in [0.05, 0.1) is 32.2 Å². The Hall–Kier alpha value is -8.40. The maximum Gasteiger partial charge on any atom is 0.425 e. The number of primary sulfonamides is 1. The van der Waals surface area contributed by atoms with Gasteiger partial charge in [0.25, 0.3) is 62.3 Å². The molecule has 0 saturated carbocycles. The third-order valence-corrected chi connectivity index (χ3v) is 21.7. The van der Waals surface area contributed by atoms with Gasteiger partial charge in [0.2, 0.25) is 21.1 Å². The normalized spacial score (nSPS) is 15.1. The highest BCUT2D eigenvalue weighted by Gasteiger charge is 2.46. The number of carbonyl (C=O) groups is 3. The lowest BCUT2D eigenvalue weighted by Crippen LogP contribution is -2.28. The number of anilines is 2. The number of hydrogen-bond donors (Lipinski definition) is 8. The minimum absolute atomic E-state index is 0.0304. The van der Waals surface area contributed by atoms with Gasteiger partial charge in [-0.15, -0.1) is 22.8 Å². The van der Waals surface area contributed by atoms with Crippen molar-refractivity contribution in [3.63, 3.8) is 0 Å². The highest BCUT2D eigenvalue weighted by molar-refractivity contribution is 7.91. The molecular formula is C62H68N9O20S7+. The minimum Gasteiger partial charge on any atom is -0.352 e. The molecule has 5 aromatic carbocycles. The minimum atomic E-state index is -5.10. The molecule has 2 aliphatic rings. The molecule has 98 heavy (non-hydrogen) atoms. The van der Waals surface area contributed by atoms with Crippen LogP contribution in [0.3, 0.4) is 0 Å². The third-order valence-electron chi connectivity index (χ3n) is 16.2. The standard InChI is InChI=1S/C62H67N9O17S6.O3S/c1-6-7-30-70-49-25-19-39-17-22-43(92(80,81)82)33-46(39)55(49)61(2,3)52(70)27-20-40(21-28-53-62(4,5)56-47-34-44(93(83,84)85)35-51(94(86,87)88)45(47)23-26-50(56)71(53)31-11-32-90(75,76)77)48-24-18-42(37-65-48)57(73)64-29-10-8-9-12-54(72)66-36-38-13-15-41(16-14-38)58(74)67-59-68-69-60(89-59)91(63,78)79;1-4(2)3/h13-28,33-35,37H,6-12,29-32,36H2,1-5H3,(H8-,63,64,66,67,68,72,73,74,75,76,77,78,79,80,81,82,83,84,85,86,87,88);/p+1. The van der Waals surface area contributed by atoms with Crippen molar-refractivity contribution in [2.45, 2.75) is 116 Å². The van der Waals surface area contributed by atoms with E-state index in [-0.39, 0.29) is 70.3 Å². The zero-order valence-corrected chi connectivity index (χ0v) is 58.7. The topological polar surface area (TPSA) is 461 Å². The first kappa shape index (κ1) is 75.4. The number of carbonyl (C=O) groups excluding carboxylic acids is 3. The lowest BCUT2D eigenvalue weighted by atomic mass is 9.79. The fraction of sp³-hybridized carbons (Fsp3) is 0.306. The van der Waals surface area contributed by atoms with E-state index in [1.807, 2.05) is 45.1 Å². The second-order valence-electron chi connectivity index (χ2n) is 23.7. The number of allylic oxidation sites excluding steroid dienone is 6. The Morgan fingerprint density at radius 1 is 0.694 bits per heavy atom. The molecule has 9 rings (SSSR count). The molecule has 2 aromatic heterocycles. The number of nitrogens with one attached hydrogen (secondary N) is 3. The van der Waals surface area contributed by atoms with E-state index in [0.29, 0.717) is 82.4 Å². The summed E-state index contributed by atoms with van der Waals surface area (Å²) in [6.45, 7) is 10.5. The molecule has 0 bridgehead atoms. The fourth-order valence-electron chi connectivity index (χ4n) is 11.7. The molecule has 0 radical (unpaired) electrons. The number of sulfonamides is 1. The van der Waals surface area contributed by atoms with Gasteiger partial charge in [-0.3, -0.25) is 42.9 Å². The summed E-state index contributed by atoms with van der Waals surface area (Å²) in [5, 5.41) is 21.6. The van der Waals surface area contributed by atoms with E-state index in [1.54, 1.807) is 61.2 Å². The van der Waals surface area contributed by atoms with Gasteiger partial charge in [-0.25, -0.2) is 13.6 Å². The molecule has 0 unspecified atom stereocenters. The number of rotatable bonds is 26. The number of hydrogen-bond acceptors (Lipinski definition) is 21. The predicted molar refractivity (Wildman–Crippen MR) is 364 cm³/mol. The zero-order chi connectivity index (χ0) is 72.1. The monoisotopic (exact) mass is 1480 g/mol. The first-order chi connectivity index (χ1) is 45.7. The van der Waals surface area contributed by atoms with Crippen molar-refractivity contribution in [2.75, 3.05) is 35.6 Å². The fourth-order valence-corrected chi connectivity index (χ4v) is 15.4. The molecular weight excluding hydrogens is 1420 g/mol. The quantitative estimate of drug-likeness (QED) is 0.00869. The van der Waals surface area contributed by atoms with Gasteiger partial charge < -0.3 is 15.5 Å². The molecule has 0 fully saturated rings. The van der Waals surface area contributed by atoms with Crippen LogP contribution in [-0.2, 0) is 83.3 Å². The first-order valence-corrected chi connectivity index (χ1v) is 39.1. The Morgan fingerprint density at radius 3 is 1.97 bits per heavy atom. The molecule has 9 N–H and O–H groups in total. The average Bonchev–Trinajstić information content (AvgIpc) is 1.54. The second kappa shape index (κ2) is 30.0. The van der Waals surface area contributed by atoms with E-state index in [2.05, 4.69) is 30.7 Å². The maximum atomic E-state index is 13.6. The summed E-state index contributed by atoms with van der Waals surface area (Å²) < 4.78 is 191. The molecule has 36 heteroatoms. The Bertz CT molecular complexity index is 5190. The summed E-state index contributed by atoms with van der Waals surface area (Å²) in [6.07, 6.45) is 11.9. The van der Waals surface area contributed by atoms with E-state index in [0.717, 1.165) is 41.3 Å². The molecule has 29 nitrogen and oxygen atoms in total. The molecule has 0 saturated heterocycles. The first-order valence-electron chi connectivity index (χ1n) is 29.8. The smallest absolute Gasteiger partial charge is 0.352 e. The molecule has 0 spiro atoms. The highest BCUT2D eigenvalue weighted by Crippen LogP contribution is 2.52. The van der Waals surface area contributed by atoms with Gasteiger partial charge in [-0.1, -0.05) is 75.3 Å². The Morgan fingerprint density at radius 2 is 1.36 bits per heavy atom. The van der Waals surface area contributed by atoms with Crippen LogP contribution < -0.4 is 26.0 Å². The van der Waals surface area contributed by atoms with Crippen LogP contribution in [0.1, 0.15) is 123 Å². The van der Waals surface area contributed by atoms with Crippen LogP contribution in [0.4, 0.5) is 16.5 Å². The van der Waals surface area contributed by atoms with Gasteiger partial charge >= 0.3 is 10.6 Å². The molecule has 0 atom stereocenters. The summed E-state index contributed by atoms with van der Waals surface area (Å²) in [6, 6.07) is 22.5. The van der Waals surface area contributed by atoms with Gasteiger partial charge in [0, 0.05) is 89.7 Å². The van der Waals surface area contributed by atoms with Crippen molar-refractivity contribution in [1.82, 2.24) is 25.8 Å². The summed E-state index contributed by atoms with van der Waals surface area (Å²) in [5.41, 5.74) is 3.64. The molecule has 7 aromatic rings. The van der Waals surface area contributed by atoms with E-state index in [4.69, 9.17) is 22.7 Å². The average molecular weight is 1480 g/mol. The van der Waals surface area contributed by atoms with Crippen LogP contribution in [0.2, 0.25) is 0 Å². The number of aromatic nitrogens is 3. The lowest BCUT2D eigenvalue weighted by molar-refractivity contribution is -0.438. The number of nitrogens with two attached hydrogens (primary N) is 1. The number of unbranched alkanes of at least 4 members (excludes halogenated alkanes) is 3. The number of nitrogens with zero attached hydrogens (tertiary/aromatic N) is 5. The third kappa shape index (κ3) is 18.1. The van der Waals surface area contributed by atoms with E-state index >= 15 is 0 Å². The van der Waals surface area contributed by atoms with Crippen LogP contribution >= 0.6 is 11.3 Å². The van der Waals surface area contributed by atoms with Gasteiger partial charge in [-0.05, 0) is 133 Å². The number of benzene rings is 5. The van der Waals surface area contributed by atoms with Crippen molar-refractivity contribution in [3.8, 4) is 0 Å². The maximum absolute atomic E-state index is 13.6. The lowest BCUT2D eigenvalue weighted by Gasteiger charge is -2.27. The number of pyridine rings is 1. The van der Waals surface area contributed by atoms with Crippen molar-refractivity contribution < 1.29 is 91.9 Å². The molecule has 2 aliphatic heterocycles. The molecule has 0 aliphatic carbocycles. The Labute approximate surface area is 570 Å². The van der Waals surface area contributed by atoms with Crippen LogP contribution in [-0.4, -0.2) is 142 Å². The van der Waals surface area contributed by atoms with Crippen molar-refractivity contribution in [3.05, 3.63) is 161 Å². The SMILES string of the molecule is CCCC[N+]1=C(/C=C/C(=C/C=C2/N(CCCS(=O)(=O)O)c3ccc4c(S(=O)(=O)O)cc(S(=O)(=O)O)cc4c3C2(C)C)c2ccc(C(=O)NCCCCCC(=O)NCc3ccc(C(=O)Nc4nnc(S(N)(=O)=O)s4)cc3)cn2)C(C)(C)c2c1ccc1ccc(S(=O)(=O)O)cc21.O=S(=O)=O. The largest absolute Gasteiger partial charge is 0.425 e. The van der Waals surface area contributed by atoms with E-state index in [1.165, 1.54) is 42.6 Å². The predicted octanol–water partition coefficient (Wildman–Crippen LogP) is 7.26. The van der Waals surface area contributed by atoms with Crippen molar-refractivity contribution in [2.24, 2.45) is 5.14 Å². The summed E-state index contributed by atoms with van der Waals surface area (Å²) in [7, 11) is -26.4. The van der Waals surface area contributed by atoms with Gasteiger partial charge in [0.15, 0.2) is 5.71 Å². The number of fused-ring (bicyclic) bond motifs is 6. The van der Waals surface area contributed by atoms with Crippen molar-refractivity contribution in [1.29, 1.82) is 0 Å².